The summed E-state index contributed by atoms with van der Waals surface area (Å²) in [5, 5.41) is 5.45. The van der Waals surface area contributed by atoms with Crippen LogP contribution in [0.15, 0.2) is 18.2 Å². The molecule has 0 bridgehead atoms. The lowest BCUT2D eigenvalue weighted by atomic mass is 10.0. The highest BCUT2D eigenvalue weighted by Crippen LogP contribution is 2.30. The van der Waals surface area contributed by atoms with E-state index in [1.54, 1.807) is 18.2 Å². The summed E-state index contributed by atoms with van der Waals surface area (Å²) in [6, 6.07) is 3.84. The molecular weight excluding hydrogens is 338 g/mol. The summed E-state index contributed by atoms with van der Waals surface area (Å²) in [4.78, 5) is 49.6. The fourth-order valence-electron chi connectivity index (χ4n) is 3.61. The smallest absolute Gasteiger partial charge is 0.262 e. The van der Waals surface area contributed by atoms with Gasteiger partial charge in [0, 0.05) is 18.9 Å². The molecule has 0 aliphatic carbocycles. The molecule has 4 amide bonds. The minimum absolute atomic E-state index is 0.105. The molecule has 136 valence electrons. The molecule has 3 aliphatic heterocycles. The molecule has 2 atom stereocenters. The van der Waals surface area contributed by atoms with Gasteiger partial charge in [-0.1, -0.05) is 0 Å². The van der Waals surface area contributed by atoms with Gasteiger partial charge in [0.1, 0.15) is 11.8 Å². The second-order valence-corrected chi connectivity index (χ2v) is 6.82. The normalized spacial score (nSPS) is 25.5. The Morgan fingerprint density at radius 3 is 2.62 bits per heavy atom. The van der Waals surface area contributed by atoms with E-state index in [1.165, 1.54) is 0 Å². The Kier molecular flexibility index (Phi) is 4.20. The molecule has 26 heavy (non-hydrogen) atoms. The summed E-state index contributed by atoms with van der Waals surface area (Å²) in [5.74, 6) is -1.07. The second-order valence-electron chi connectivity index (χ2n) is 6.82. The van der Waals surface area contributed by atoms with Crippen molar-refractivity contribution in [2.75, 3.05) is 19.7 Å². The van der Waals surface area contributed by atoms with Crippen molar-refractivity contribution < 1.29 is 23.9 Å². The Balaban J connectivity index is 1.52. The maximum absolute atomic E-state index is 12.7. The fourth-order valence-corrected chi connectivity index (χ4v) is 3.61. The molecule has 0 spiro atoms. The molecule has 0 radical (unpaired) electrons. The van der Waals surface area contributed by atoms with E-state index in [2.05, 4.69) is 10.6 Å². The van der Waals surface area contributed by atoms with Crippen molar-refractivity contribution in [2.45, 2.75) is 25.3 Å². The Bertz CT molecular complexity index is 800. The third-order valence-corrected chi connectivity index (χ3v) is 5.06. The number of carbonyl (C=O) groups is 4. The van der Waals surface area contributed by atoms with Crippen molar-refractivity contribution in [3.63, 3.8) is 0 Å². The minimum Gasteiger partial charge on any atom is -0.493 e. The SMILES string of the molecule is O=C1CCC(N2C(=O)c3ccc(OC[C@@H]4CCNC4)cc3C2=O)C(=O)N1. The van der Waals surface area contributed by atoms with E-state index in [1.807, 2.05) is 0 Å². The van der Waals surface area contributed by atoms with Crippen molar-refractivity contribution in [1.29, 1.82) is 0 Å². The van der Waals surface area contributed by atoms with Crippen LogP contribution in [0, 0.1) is 5.92 Å². The summed E-state index contributed by atoms with van der Waals surface area (Å²) in [6.07, 6.45) is 1.30. The average molecular weight is 357 g/mol. The largest absolute Gasteiger partial charge is 0.493 e. The zero-order valence-corrected chi connectivity index (χ0v) is 14.1. The van der Waals surface area contributed by atoms with Gasteiger partial charge in [0.15, 0.2) is 0 Å². The topological polar surface area (TPSA) is 105 Å². The molecule has 3 heterocycles. The fraction of sp³-hybridized carbons (Fsp3) is 0.444. The van der Waals surface area contributed by atoms with Crippen molar-refractivity contribution in [3.8, 4) is 5.75 Å². The Labute approximate surface area is 149 Å². The molecule has 1 aromatic carbocycles. The third-order valence-electron chi connectivity index (χ3n) is 5.06. The number of fused-ring (bicyclic) bond motifs is 1. The average Bonchev–Trinajstić information content (AvgIpc) is 3.22. The highest BCUT2D eigenvalue weighted by Gasteiger charge is 2.44. The number of piperidine rings is 1. The quantitative estimate of drug-likeness (QED) is 0.740. The monoisotopic (exact) mass is 357 g/mol. The standard InChI is InChI=1S/C18H19N3O5/c22-15-4-3-14(16(23)20-15)21-17(24)12-2-1-11(7-13(12)18(21)25)26-9-10-5-6-19-8-10/h1-2,7,10,14,19H,3-6,8-9H2,(H,20,22,23)/t10-,14?/m1/s1. The van der Waals surface area contributed by atoms with E-state index >= 15 is 0 Å². The number of hydrogen-bond acceptors (Lipinski definition) is 6. The van der Waals surface area contributed by atoms with E-state index < -0.39 is 23.8 Å². The first kappa shape index (κ1) is 16.7. The maximum atomic E-state index is 12.7. The molecule has 2 fully saturated rings. The molecule has 8 nitrogen and oxygen atoms in total. The zero-order valence-electron chi connectivity index (χ0n) is 14.1. The lowest BCUT2D eigenvalue weighted by Crippen LogP contribution is -2.54. The van der Waals surface area contributed by atoms with E-state index in [0.717, 1.165) is 24.4 Å². The molecule has 1 aromatic rings. The van der Waals surface area contributed by atoms with Crippen LogP contribution < -0.4 is 15.4 Å². The number of amides is 4. The summed E-state index contributed by atoms with van der Waals surface area (Å²) >= 11 is 0. The third kappa shape index (κ3) is 2.86. The van der Waals surface area contributed by atoms with Crippen molar-refractivity contribution in [1.82, 2.24) is 15.5 Å². The highest BCUT2D eigenvalue weighted by atomic mass is 16.5. The number of nitrogens with one attached hydrogen (secondary N) is 2. The predicted molar refractivity (Wildman–Crippen MR) is 89.6 cm³/mol. The Morgan fingerprint density at radius 1 is 1.08 bits per heavy atom. The molecule has 2 N–H and O–H groups in total. The number of ether oxygens (including phenoxy) is 1. The van der Waals surface area contributed by atoms with Crippen LogP contribution in [0.25, 0.3) is 0 Å². The van der Waals surface area contributed by atoms with Crippen LogP contribution in [-0.4, -0.2) is 54.3 Å². The van der Waals surface area contributed by atoms with Gasteiger partial charge in [0.25, 0.3) is 11.8 Å². The van der Waals surface area contributed by atoms with E-state index in [-0.39, 0.29) is 29.9 Å². The molecule has 3 aliphatic rings. The second kappa shape index (κ2) is 6.53. The van der Waals surface area contributed by atoms with Crippen molar-refractivity contribution in [3.05, 3.63) is 29.3 Å². The van der Waals surface area contributed by atoms with Crippen LogP contribution in [0.5, 0.6) is 5.75 Å². The first-order valence-electron chi connectivity index (χ1n) is 8.74. The molecule has 1 unspecified atom stereocenters. The van der Waals surface area contributed by atoms with E-state index in [0.29, 0.717) is 18.3 Å². The number of rotatable bonds is 4. The first-order valence-corrected chi connectivity index (χ1v) is 8.74. The maximum Gasteiger partial charge on any atom is 0.262 e. The summed E-state index contributed by atoms with van der Waals surface area (Å²) in [7, 11) is 0. The van der Waals surface area contributed by atoms with E-state index in [4.69, 9.17) is 4.74 Å². The number of nitrogens with zero attached hydrogens (tertiary/aromatic N) is 1. The van der Waals surface area contributed by atoms with Gasteiger partial charge in [-0.2, -0.15) is 0 Å². The number of hydrogen-bond donors (Lipinski definition) is 2. The Morgan fingerprint density at radius 2 is 1.88 bits per heavy atom. The van der Waals surface area contributed by atoms with Crippen LogP contribution in [0.3, 0.4) is 0 Å². The van der Waals surface area contributed by atoms with Crippen LogP contribution >= 0.6 is 0 Å². The number of imide groups is 2. The predicted octanol–water partition coefficient (Wildman–Crippen LogP) is 0.0761. The van der Waals surface area contributed by atoms with Gasteiger partial charge < -0.3 is 10.1 Å². The number of benzene rings is 1. The lowest BCUT2D eigenvalue weighted by molar-refractivity contribution is -0.136. The molecule has 0 saturated carbocycles. The summed E-state index contributed by atoms with van der Waals surface area (Å²) in [5.41, 5.74) is 0.497. The molecule has 2 saturated heterocycles. The minimum atomic E-state index is -0.950. The van der Waals surface area contributed by atoms with Crippen molar-refractivity contribution >= 4 is 23.6 Å². The van der Waals surface area contributed by atoms with Gasteiger partial charge in [-0.05, 0) is 37.6 Å². The zero-order chi connectivity index (χ0) is 18.3. The molecule has 0 aromatic heterocycles. The van der Waals surface area contributed by atoms with Gasteiger partial charge in [-0.15, -0.1) is 0 Å². The molecule has 4 rings (SSSR count). The van der Waals surface area contributed by atoms with Gasteiger partial charge >= 0.3 is 0 Å². The Hall–Kier alpha value is -2.74. The van der Waals surface area contributed by atoms with Gasteiger partial charge in [-0.25, -0.2) is 0 Å². The summed E-state index contributed by atoms with van der Waals surface area (Å²) < 4.78 is 5.77. The summed E-state index contributed by atoms with van der Waals surface area (Å²) in [6.45, 7) is 2.43. The van der Waals surface area contributed by atoms with Gasteiger partial charge in [0.2, 0.25) is 11.8 Å². The van der Waals surface area contributed by atoms with Crippen LogP contribution in [0.2, 0.25) is 0 Å². The van der Waals surface area contributed by atoms with Crippen molar-refractivity contribution in [2.24, 2.45) is 5.92 Å². The molecular formula is C18H19N3O5. The van der Waals surface area contributed by atoms with Gasteiger partial charge in [-0.3, -0.25) is 29.4 Å². The van der Waals surface area contributed by atoms with Crippen LogP contribution in [-0.2, 0) is 9.59 Å². The highest BCUT2D eigenvalue weighted by molar-refractivity contribution is 6.23. The first-order chi connectivity index (χ1) is 12.5. The number of carbonyl (C=O) groups excluding carboxylic acids is 4. The molecule has 8 heteroatoms. The van der Waals surface area contributed by atoms with Gasteiger partial charge in [0.05, 0.1) is 17.7 Å². The van der Waals surface area contributed by atoms with E-state index in [9.17, 15) is 19.2 Å². The van der Waals surface area contributed by atoms with Crippen LogP contribution in [0.4, 0.5) is 0 Å². The lowest BCUT2D eigenvalue weighted by Gasteiger charge is -2.27. The van der Waals surface area contributed by atoms with Crippen LogP contribution in [0.1, 0.15) is 40.0 Å².